The quantitative estimate of drug-likeness (QED) is 0.586. The minimum Gasteiger partial charge on any atom is -0.497 e. The van der Waals surface area contributed by atoms with Gasteiger partial charge in [0.15, 0.2) is 0 Å². The van der Waals surface area contributed by atoms with E-state index in [4.69, 9.17) is 14.9 Å². The van der Waals surface area contributed by atoms with Crippen molar-refractivity contribution in [2.45, 2.75) is 6.10 Å². The second kappa shape index (κ2) is 6.50. The Morgan fingerprint density at radius 1 is 1.04 bits per heavy atom. The minimum atomic E-state index is -0.957. The molecule has 0 bridgehead atoms. The van der Waals surface area contributed by atoms with Crippen LogP contribution in [-0.4, -0.2) is 22.2 Å². The van der Waals surface area contributed by atoms with E-state index in [0.29, 0.717) is 33.8 Å². The van der Waals surface area contributed by atoms with Crippen molar-refractivity contribution in [1.82, 2.24) is 9.97 Å². The summed E-state index contributed by atoms with van der Waals surface area (Å²) >= 11 is 0. The number of ether oxygens (including phenoxy) is 1. The Balaban J connectivity index is 1.96. The van der Waals surface area contributed by atoms with Gasteiger partial charge in [0.2, 0.25) is 5.71 Å². The number of aliphatic hydroxyl groups is 1. The first-order valence-corrected chi connectivity index (χ1v) is 8.09. The molecule has 0 amide bonds. The average Bonchev–Trinajstić information content (AvgIpc) is 3.09. The van der Waals surface area contributed by atoms with Crippen LogP contribution in [0, 0.1) is 0 Å². The maximum atomic E-state index is 10.9. The fourth-order valence-corrected chi connectivity index (χ4v) is 3.00. The number of rotatable bonds is 4. The number of methoxy groups -OCH3 is 1. The van der Waals surface area contributed by atoms with Gasteiger partial charge in [0.1, 0.15) is 29.8 Å². The predicted molar refractivity (Wildman–Crippen MR) is 98.7 cm³/mol. The molecule has 6 heteroatoms. The van der Waals surface area contributed by atoms with E-state index in [0.717, 1.165) is 11.3 Å². The van der Waals surface area contributed by atoms with Gasteiger partial charge in [-0.25, -0.2) is 9.97 Å². The molecule has 26 heavy (non-hydrogen) atoms. The number of nitrogens with two attached hydrogens (primary N) is 1. The number of aliphatic hydroxyl groups excluding tert-OH is 1. The second-order valence-corrected chi connectivity index (χ2v) is 5.82. The van der Waals surface area contributed by atoms with Crippen LogP contribution in [0.25, 0.3) is 22.2 Å². The topological polar surface area (TPSA) is 94.4 Å². The molecular formula is C20H17N3O3. The molecule has 0 aliphatic rings. The van der Waals surface area contributed by atoms with Crippen molar-refractivity contribution in [2.24, 2.45) is 0 Å². The number of anilines is 1. The van der Waals surface area contributed by atoms with Crippen molar-refractivity contribution in [3.8, 4) is 16.9 Å². The standard InChI is InChI=1S/C20H17N3O3/c1-25-14-9-7-12(8-10-14)15-16-19(21)22-11-23-20(16)26-18(15)17(24)13-5-3-2-4-6-13/h2-11,17,24H,1H3,(H2,21,22,23). The molecule has 2 aromatic heterocycles. The Morgan fingerprint density at radius 2 is 1.77 bits per heavy atom. The van der Waals surface area contributed by atoms with Gasteiger partial charge < -0.3 is 20.0 Å². The molecule has 4 rings (SSSR count). The summed E-state index contributed by atoms with van der Waals surface area (Å²) in [5.41, 5.74) is 8.65. The van der Waals surface area contributed by atoms with Gasteiger partial charge >= 0.3 is 0 Å². The zero-order chi connectivity index (χ0) is 18.1. The lowest BCUT2D eigenvalue weighted by molar-refractivity contribution is 0.192. The molecule has 0 saturated heterocycles. The van der Waals surface area contributed by atoms with E-state index in [2.05, 4.69) is 9.97 Å². The van der Waals surface area contributed by atoms with Gasteiger partial charge in [0, 0.05) is 5.56 Å². The zero-order valence-corrected chi connectivity index (χ0v) is 14.1. The Kier molecular flexibility index (Phi) is 4.02. The van der Waals surface area contributed by atoms with Gasteiger partial charge in [-0.1, -0.05) is 42.5 Å². The van der Waals surface area contributed by atoms with E-state index in [-0.39, 0.29) is 0 Å². The van der Waals surface area contributed by atoms with Gasteiger partial charge in [-0.05, 0) is 23.3 Å². The highest BCUT2D eigenvalue weighted by atomic mass is 16.5. The van der Waals surface area contributed by atoms with Crippen LogP contribution in [0.2, 0.25) is 0 Å². The third kappa shape index (κ3) is 2.66. The first kappa shape index (κ1) is 16.1. The fraction of sp³-hybridized carbons (Fsp3) is 0.100. The zero-order valence-electron chi connectivity index (χ0n) is 14.1. The molecule has 2 heterocycles. The molecule has 0 aliphatic heterocycles. The van der Waals surface area contributed by atoms with Crippen LogP contribution >= 0.6 is 0 Å². The number of furan rings is 1. The first-order valence-electron chi connectivity index (χ1n) is 8.09. The van der Waals surface area contributed by atoms with Crippen LogP contribution in [0.5, 0.6) is 5.75 Å². The Hall–Kier alpha value is -3.38. The number of hydrogen-bond donors (Lipinski definition) is 2. The monoisotopic (exact) mass is 347 g/mol. The summed E-state index contributed by atoms with van der Waals surface area (Å²) in [6.45, 7) is 0. The molecule has 130 valence electrons. The summed E-state index contributed by atoms with van der Waals surface area (Å²) in [6, 6.07) is 16.7. The summed E-state index contributed by atoms with van der Waals surface area (Å²) < 4.78 is 11.1. The van der Waals surface area contributed by atoms with Crippen molar-refractivity contribution in [3.05, 3.63) is 72.2 Å². The van der Waals surface area contributed by atoms with Crippen molar-refractivity contribution in [2.75, 3.05) is 12.8 Å². The van der Waals surface area contributed by atoms with Gasteiger partial charge in [-0.3, -0.25) is 0 Å². The summed E-state index contributed by atoms with van der Waals surface area (Å²) in [5, 5.41) is 11.5. The van der Waals surface area contributed by atoms with Crippen LogP contribution in [0.15, 0.2) is 65.3 Å². The number of aromatic nitrogens is 2. The molecule has 4 aromatic rings. The SMILES string of the molecule is COc1ccc(-c2c(C(O)c3ccccc3)oc3ncnc(N)c23)cc1. The Bertz CT molecular complexity index is 1040. The van der Waals surface area contributed by atoms with Crippen molar-refractivity contribution < 1.29 is 14.3 Å². The molecule has 0 fully saturated rings. The smallest absolute Gasteiger partial charge is 0.232 e. The third-order valence-electron chi connectivity index (χ3n) is 4.29. The molecule has 6 nitrogen and oxygen atoms in total. The van der Waals surface area contributed by atoms with Gasteiger partial charge in [-0.15, -0.1) is 0 Å². The lowest BCUT2D eigenvalue weighted by atomic mass is 9.97. The minimum absolute atomic E-state index is 0.302. The molecular weight excluding hydrogens is 330 g/mol. The number of nitrogens with zero attached hydrogens (tertiary/aromatic N) is 2. The molecule has 0 spiro atoms. The second-order valence-electron chi connectivity index (χ2n) is 5.82. The first-order chi connectivity index (χ1) is 12.7. The number of nitrogen functional groups attached to an aromatic ring is 1. The molecule has 1 atom stereocenters. The van der Waals surface area contributed by atoms with E-state index >= 15 is 0 Å². The molecule has 0 saturated carbocycles. The fourth-order valence-electron chi connectivity index (χ4n) is 3.00. The van der Waals surface area contributed by atoms with Crippen LogP contribution in [0.3, 0.4) is 0 Å². The molecule has 1 unspecified atom stereocenters. The average molecular weight is 347 g/mol. The third-order valence-corrected chi connectivity index (χ3v) is 4.29. The predicted octanol–water partition coefficient (Wildman–Crippen LogP) is 3.56. The molecule has 3 N–H and O–H groups in total. The number of hydrogen-bond acceptors (Lipinski definition) is 6. The highest BCUT2D eigenvalue weighted by Gasteiger charge is 2.25. The summed E-state index contributed by atoms with van der Waals surface area (Å²) in [4.78, 5) is 8.24. The number of fused-ring (bicyclic) bond motifs is 1. The molecule has 0 radical (unpaired) electrons. The van der Waals surface area contributed by atoms with Gasteiger partial charge in [0.25, 0.3) is 0 Å². The van der Waals surface area contributed by atoms with Crippen molar-refractivity contribution in [1.29, 1.82) is 0 Å². The summed E-state index contributed by atoms with van der Waals surface area (Å²) in [7, 11) is 1.61. The van der Waals surface area contributed by atoms with E-state index in [9.17, 15) is 5.11 Å². The highest BCUT2D eigenvalue weighted by molar-refractivity contribution is 6.00. The van der Waals surface area contributed by atoms with E-state index in [1.165, 1.54) is 6.33 Å². The largest absolute Gasteiger partial charge is 0.497 e. The normalized spacial score (nSPS) is 12.2. The molecule has 0 aliphatic carbocycles. The van der Waals surface area contributed by atoms with E-state index < -0.39 is 6.10 Å². The maximum absolute atomic E-state index is 10.9. The lowest BCUT2D eigenvalue weighted by Gasteiger charge is -2.11. The number of benzene rings is 2. The lowest BCUT2D eigenvalue weighted by Crippen LogP contribution is -2.00. The van der Waals surface area contributed by atoms with Crippen LogP contribution in [-0.2, 0) is 0 Å². The van der Waals surface area contributed by atoms with Crippen molar-refractivity contribution in [3.63, 3.8) is 0 Å². The highest BCUT2D eigenvalue weighted by Crippen LogP contribution is 2.41. The summed E-state index contributed by atoms with van der Waals surface area (Å²) in [5.74, 6) is 1.41. The van der Waals surface area contributed by atoms with Crippen LogP contribution in [0.1, 0.15) is 17.4 Å². The molecule has 2 aromatic carbocycles. The van der Waals surface area contributed by atoms with Crippen molar-refractivity contribution >= 4 is 16.9 Å². The van der Waals surface area contributed by atoms with E-state index in [1.807, 2.05) is 54.6 Å². The Labute approximate surface area is 149 Å². The van der Waals surface area contributed by atoms with Gasteiger partial charge in [-0.2, -0.15) is 0 Å². The van der Waals surface area contributed by atoms with Gasteiger partial charge in [0.05, 0.1) is 12.5 Å². The summed E-state index contributed by atoms with van der Waals surface area (Å²) in [6.07, 6.45) is 0.388. The Morgan fingerprint density at radius 3 is 2.46 bits per heavy atom. The maximum Gasteiger partial charge on any atom is 0.232 e. The van der Waals surface area contributed by atoms with Crippen LogP contribution in [0.4, 0.5) is 5.82 Å². The van der Waals surface area contributed by atoms with Crippen LogP contribution < -0.4 is 10.5 Å². The van der Waals surface area contributed by atoms with E-state index in [1.54, 1.807) is 7.11 Å².